The maximum absolute atomic E-state index is 12.1. The lowest BCUT2D eigenvalue weighted by atomic mass is 9.94. The van der Waals surface area contributed by atoms with E-state index in [1.807, 2.05) is 6.92 Å². The summed E-state index contributed by atoms with van der Waals surface area (Å²) in [6, 6.07) is 0. The summed E-state index contributed by atoms with van der Waals surface area (Å²) in [5.41, 5.74) is 2.35. The fraction of sp³-hybridized carbons (Fsp3) is 0.654. The van der Waals surface area contributed by atoms with E-state index < -0.39 is 23.8 Å². The highest BCUT2D eigenvalue weighted by Gasteiger charge is 2.37. The standard InChI is InChI=1S/C26H39NO7/c1-18(7-4-9-19(2)15-26(33)16-20(3)25(32)34-26)8-5-11-22(28)12-6-10-21-13-14-27(24(21)31)17-23(29)30/h8,13,16,19,22,28,33H,4-7,9-12,14-15,17H2,1-3H3,(H,29,30). The van der Waals surface area contributed by atoms with Crippen molar-refractivity contribution >= 4 is 17.8 Å². The van der Waals surface area contributed by atoms with E-state index in [9.17, 15) is 24.6 Å². The van der Waals surface area contributed by atoms with Gasteiger partial charge in [-0.2, -0.15) is 0 Å². The highest BCUT2D eigenvalue weighted by molar-refractivity contribution is 5.97. The summed E-state index contributed by atoms with van der Waals surface area (Å²) in [5.74, 6) is -2.94. The van der Waals surface area contributed by atoms with Crippen molar-refractivity contribution < 1.29 is 34.4 Å². The number of amides is 1. The van der Waals surface area contributed by atoms with Crippen LogP contribution < -0.4 is 0 Å². The number of allylic oxidation sites excluding steroid dienone is 2. The van der Waals surface area contributed by atoms with Gasteiger partial charge in [-0.3, -0.25) is 9.59 Å². The Hall–Kier alpha value is -2.45. The number of esters is 1. The molecule has 0 spiro atoms. The third-order valence-electron chi connectivity index (χ3n) is 6.36. The molecule has 8 heteroatoms. The lowest BCUT2D eigenvalue weighted by Gasteiger charge is -2.23. The topological polar surface area (TPSA) is 124 Å². The monoisotopic (exact) mass is 477 g/mol. The molecule has 8 nitrogen and oxygen atoms in total. The number of hydrogen-bond acceptors (Lipinski definition) is 6. The van der Waals surface area contributed by atoms with Gasteiger partial charge in [0, 0.05) is 24.1 Å². The molecule has 0 fully saturated rings. The molecule has 2 rings (SSSR count). The summed E-state index contributed by atoms with van der Waals surface area (Å²) < 4.78 is 5.06. The van der Waals surface area contributed by atoms with Crippen LogP contribution in [0.5, 0.6) is 0 Å². The maximum Gasteiger partial charge on any atom is 0.336 e. The predicted molar refractivity (Wildman–Crippen MR) is 128 cm³/mol. The lowest BCUT2D eigenvalue weighted by molar-refractivity contribution is -0.183. The van der Waals surface area contributed by atoms with Crippen molar-refractivity contribution in [3.05, 3.63) is 34.9 Å². The first-order valence-electron chi connectivity index (χ1n) is 12.2. The van der Waals surface area contributed by atoms with Crippen molar-refractivity contribution in [3.63, 3.8) is 0 Å². The number of carboxylic acid groups (broad SMARTS) is 1. The van der Waals surface area contributed by atoms with Gasteiger partial charge in [-0.1, -0.05) is 31.1 Å². The van der Waals surface area contributed by atoms with Gasteiger partial charge in [0.1, 0.15) is 6.54 Å². The summed E-state index contributed by atoms with van der Waals surface area (Å²) in [4.78, 5) is 35.7. The molecule has 0 aromatic heterocycles. The summed E-state index contributed by atoms with van der Waals surface area (Å²) in [7, 11) is 0. The van der Waals surface area contributed by atoms with E-state index in [-0.39, 0.29) is 18.4 Å². The van der Waals surface area contributed by atoms with Crippen LogP contribution in [0.15, 0.2) is 34.9 Å². The molecule has 0 aliphatic carbocycles. The zero-order valence-corrected chi connectivity index (χ0v) is 20.6. The van der Waals surface area contributed by atoms with Gasteiger partial charge in [-0.25, -0.2) is 4.79 Å². The quantitative estimate of drug-likeness (QED) is 0.244. The van der Waals surface area contributed by atoms with Crippen molar-refractivity contribution in [2.75, 3.05) is 13.1 Å². The minimum Gasteiger partial charge on any atom is -0.480 e. The Morgan fingerprint density at radius 1 is 1.26 bits per heavy atom. The first-order chi connectivity index (χ1) is 16.0. The number of carbonyl (C=O) groups is 3. The Kier molecular flexibility index (Phi) is 10.5. The third kappa shape index (κ3) is 9.06. The fourth-order valence-corrected chi connectivity index (χ4v) is 4.50. The highest BCUT2D eigenvalue weighted by atomic mass is 16.7. The van der Waals surface area contributed by atoms with Gasteiger partial charge < -0.3 is 25.0 Å². The number of aliphatic hydroxyl groups excluding tert-OH is 1. The smallest absolute Gasteiger partial charge is 0.336 e. The summed E-state index contributed by atoms with van der Waals surface area (Å²) in [6.07, 6.45) is 11.5. The molecular weight excluding hydrogens is 438 g/mol. The Balaban J connectivity index is 1.56. The highest BCUT2D eigenvalue weighted by Crippen LogP contribution is 2.30. The Labute approximate surface area is 202 Å². The minimum atomic E-state index is -1.47. The van der Waals surface area contributed by atoms with Gasteiger partial charge in [0.2, 0.25) is 11.7 Å². The molecular formula is C26H39NO7. The summed E-state index contributed by atoms with van der Waals surface area (Å²) in [6.45, 7) is 5.83. The van der Waals surface area contributed by atoms with E-state index in [4.69, 9.17) is 9.84 Å². The van der Waals surface area contributed by atoms with Crippen LogP contribution >= 0.6 is 0 Å². The molecule has 3 unspecified atom stereocenters. The van der Waals surface area contributed by atoms with E-state index in [1.54, 1.807) is 13.0 Å². The molecule has 0 saturated carbocycles. The lowest BCUT2D eigenvalue weighted by Crippen LogP contribution is -2.32. The molecule has 2 heterocycles. The zero-order valence-electron chi connectivity index (χ0n) is 20.6. The average Bonchev–Trinajstić information content (AvgIpc) is 3.19. The van der Waals surface area contributed by atoms with Crippen molar-refractivity contribution in [3.8, 4) is 0 Å². The number of cyclic esters (lactones) is 1. The molecule has 34 heavy (non-hydrogen) atoms. The third-order valence-corrected chi connectivity index (χ3v) is 6.36. The molecule has 0 aromatic rings. The predicted octanol–water partition coefficient (Wildman–Crippen LogP) is 3.49. The second-order valence-corrected chi connectivity index (χ2v) is 9.75. The summed E-state index contributed by atoms with van der Waals surface area (Å²) in [5, 5.41) is 29.4. The van der Waals surface area contributed by atoms with Crippen molar-refractivity contribution in [1.29, 1.82) is 0 Å². The number of carboxylic acids is 1. The van der Waals surface area contributed by atoms with Gasteiger partial charge in [0.05, 0.1) is 6.10 Å². The van der Waals surface area contributed by atoms with Crippen LogP contribution in [-0.2, 0) is 19.1 Å². The van der Waals surface area contributed by atoms with Gasteiger partial charge in [0.25, 0.3) is 0 Å². The number of aliphatic carboxylic acids is 1. The van der Waals surface area contributed by atoms with Crippen LogP contribution in [0.4, 0.5) is 0 Å². The van der Waals surface area contributed by atoms with Gasteiger partial charge in [0.15, 0.2) is 0 Å². The van der Waals surface area contributed by atoms with Gasteiger partial charge in [-0.05, 0) is 70.8 Å². The van der Waals surface area contributed by atoms with Crippen LogP contribution in [0.1, 0.15) is 78.6 Å². The Morgan fingerprint density at radius 2 is 2.00 bits per heavy atom. The largest absolute Gasteiger partial charge is 0.480 e. The van der Waals surface area contributed by atoms with Crippen LogP contribution in [0.25, 0.3) is 0 Å². The minimum absolute atomic E-state index is 0.213. The maximum atomic E-state index is 12.1. The number of carbonyl (C=O) groups excluding carboxylic acids is 2. The number of ether oxygens (including phenoxy) is 1. The van der Waals surface area contributed by atoms with Gasteiger partial charge >= 0.3 is 11.9 Å². The van der Waals surface area contributed by atoms with E-state index in [1.165, 1.54) is 16.5 Å². The van der Waals surface area contributed by atoms with E-state index >= 15 is 0 Å². The van der Waals surface area contributed by atoms with Crippen LogP contribution in [0, 0.1) is 5.92 Å². The second kappa shape index (κ2) is 12.9. The molecule has 1 amide bonds. The average molecular weight is 478 g/mol. The molecule has 0 bridgehead atoms. The van der Waals surface area contributed by atoms with E-state index in [2.05, 4.69) is 13.0 Å². The molecule has 0 aromatic carbocycles. The second-order valence-electron chi connectivity index (χ2n) is 9.75. The summed E-state index contributed by atoms with van der Waals surface area (Å²) >= 11 is 0. The van der Waals surface area contributed by atoms with Crippen molar-refractivity contribution in [2.24, 2.45) is 5.92 Å². The fourth-order valence-electron chi connectivity index (χ4n) is 4.50. The van der Waals surface area contributed by atoms with Crippen LogP contribution in [0.3, 0.4) is 0 Å². The number of rotatable bonds is 15. The SMILES string of the molecule is CC(=CCCC(O)CCCC1=CCN(CC(=O)O)C1=O)CCCC(C)CC1(O)C=C(C)C(=O)O1. The molecule has 2 aliphatic heterocycles. The van der Waals surface area contributed by atoms with E-state index in [0.29, 0.717) is 49.8 Å². The Morgan fingerprint density at radius 3 is 2.65 bits per heavy atom. The zero-order chi connectivity index (χ0) is 25.3. The first-order valence-corrected chi connectivity index (χ1v) is 12.2. The number of aliphatic hydroxyl groups is 2. The molecule has 3 N–H and O–H groups in total. The first kappa shape index (κ1) is 27.8. The molecule has 0 radical (unpaired) electrons. The number of hydrogen-bond donors (Lipinski definition) is 3. The van der Waals surface area contributed by atoms with Crippen LogP contribution in [0.2, 0.25) is 0 Å². The van der Waals surface area contributed by atoms with Crippen LogP contribution in [-0.4, -0.2) is 63.0 Å². The molecule has 2 aliphatic rings. The molecule has 0 saturated heterocycles. The van der Waals surface area contributed by atoms with Crippen molar-refractivity contribution in [1.82, 2.24) is 4.90 Å². The number of nitrogens with zero attached hydrogens (tertiary/aromatic N) is 1. The van der Waals surface area contributed by atoms with Gasteiger partial charge in [-0.15, -0.1) is 0 Å². The normalized spacial score (nSPS) is 22.5. The molecule has 3 atom stereocenters. The van der Waals surface area contributed by atoms with E-state index in [0.717, 1.165) is 25.7 Å². The van der Waals surface area contributed by atoms with Crippen molar-refractivity contribution in [2.45, 2.75) is 90.4 Å². The molecule has 190 valence electrons. The Bertz CT molecular complexity index is 844.